The molecule has 1 aromatic heterocycles. The van der Waals surface area contributed by atoms with E-state index in [0.29, 0.717) is 24.1 Å². The molecule has 0 unspecified atom stereocenters. The Labute approximate surface area is 152 Å². The Morgan fingerprint density at radius 1 is 1.35 bits per heavy atom. The van der Waals surface area contributed by atoms with E-state index in [9.17, 15) is 14.3 Å². The van der Waals surface area contributed by atoms with Gasteiger partial charge in [-0.25, -0.2) is 4.39 Å². The van der Waals surface area contributed by atoms with E-state index in [1.165, 1.54) is 0 Å². The zero-order chi connectivity index (χ0) is 18.5. The molecule has 26 heavy (non-hydrogen) atoms. The van der Waals surface area contributed by atoms with E-state index in [4.69, 9.17) is 0 Å². The van der Waals surface area contributed by atoms with E-state index >= 15 is 0 Å². The molecular formula is C20H26FN3O2. The number of benzene rings is 1. The Hall–Kier alpha value is -1.95. The average Bonchev–Trinajstić information content (AvgIpc) is 2.94. The first kappa shape index (κ1) is 17.5. The second-order valence-electron chi connectivity index (χ2n) is 8.35. The summed E-state index contributed by atoms with van der Waals surface area (Å²) in [5.41, 5.74) is 1.16. The number of carbonyl (C=O) groups excluding carboxylic acids is 1. The molecule has 1 aliphatic carbocycles. The number of piperidine rings is 1. The van der Waals surface area contributed by atoms with Gasteiger partial charge in [0.2, 0.25) is 5.91 Å². The number of aromatic nitrogens is 2. The number of aliphatic hydroxyl groups is 1. The third kappa shape index (κ3) is 3.22. The minimum atomic E-state index is -0.660. The van der Waals surface area contributed by atoms with Gasteiger partial charge in [-0.15, -0.1) is 0 Å². The van der Waals surface area contributed by atoms with Gasteiger partial charge in [0.1, 0.15) is 5.82 Å². The van der Waals surface area contributed by atoms with Crippen LogP contribution in [0.5, 0.6) is 0 Å². The highest BCUT2D eigenvalue weighted by molar-refractivity contribution is 5.80. The SMILES string of the molecule is Cn1ncc2c(F)cc(CC3CCN(C(=O)[C@H]4C[C@@](C)(O)C4)CC3)cc21. The van der Waals surface area contributed by atoms with Crippen LogP contribution in [0.3, 0.4) is 0 Å². The molecular weight excluding hydrogens is 333 g/mol. The first-order valence-electron chi connectivity index (χ1n) is 9.44. The van der Waals surface area contributed by atoms with E-state index in [-0.39, 0.29) is 17.6 Å². The molecule has 0 atom stereocenters. The van der Waals surface area contributed by atoms with Crippen LogP contribution in [0.15, 0.2) is 18.3 Å². The molecule has 0 bridgehead atoms. The van der Waals surface area contributed by atoms with Crippen LogP contribution in [0.1, 0.15) is 38.2 Å². The minimum absolute atomic E-state index is 0.0112. The van der Waals surface area contributed by atoms with Crippen molar-refractivity contribution in [3.63, 3.8) is 0 Å². The van der Waals surface area contributed by atoms with Crippen molar-refractivity contribution >= 4 is 16.8 Å². The lowest BCUT2D eigenvalue weighted by Crippen LogP contribution is -2.51. The summed E-state index contributed by atoms with van der Waals surface area (Å²) in [6.07, 6.45) is 5.44. The fourth-order valence-corrected chi connectivity index (χ4v) is 4.50. The fraction of sp³-hybridized carbons (Fsp3) is 0.600. The lowest BCUT2D eigenvalue weighted by Gasteiger charge is -2.43. The molecule has 6 heteroatoms. The van der Waals surface area contributed by atoms with Crippen molar-refractivity contribution in [2.75, 3.05) is 13.1 Å². The smallest absolute Gasteiger partial charge is 0.225 e. The molecule has 0 spiro atoms. The molecule has 5 nitrogen and oxygen atoms in total. The second-order valence-corrected chi connectivity index (χ2v) is 8.35. The molecule has 1 saturated heterocycles. The standard InChI is InChI=1S/C20H26FN3O2/c1-20(26)10-15(11-20)19(25)24-5-3-13(4-6-24)7-14-8-17(21)16-12-22-23(2)18(16)9-14/h8-9,12-13,15,26H,3-7,10-11H2,1-2H3/t15-,20+. The molecule has 1 aliphatic heterocycles. The molecule has 2 fully saturated rings. The predicted octanol–water partition coefficient (Wildman–Crippen LogP) is 2.65. The van der Waals surface area contributed by atoms with Crippen molar-refractivity contribution in [2.24, 2.45) is 18.9 Å². The summed E-state index contributed by atoms with van der Waals surface area (Å²) in [4.78, 5) is 14.4. The van der Waals surface area contributed by atoms with Crippen molar-refractivity contribution in [1.29, 1.82) is 0 Å². The quantitative estimate of drug-likeness (QED) is 0.917. The van der Waals surface area contributed by atoms with Crippen LogP contribution in [0.2, 0.25) is 0 Å². The van der Waals surface area contributed by atoms with Crippen molar-refractivity contribution in [1.82, 2.24) is 14.7 Å². The minimum Gasteiger partial charge on any atom is -0.390 e. The number of hydrogen-bond donors (Lipinski definition) is 1. The van der Waals surface area contributed by atoms with Crippen LogP contribution in [0.4, 0.5) is 4.39 Å². The van der Waals surface area contributed by atoms with Crippen LogP contribution >= 0.6 is 0 Å². The van der Waals surface area contributed by atoms with Gasteiger partial charge in [-0.2, -0.15) is 5.10 Å². The van der Waals surface area contributed by atoms with Gasteiger partial charge in [0, 0.05) is 26.1 Å². The summed E-state index contributed by atoms with van der Waals surface area (Å²) in [6.45, 7) is 3.32. The maximum Gasteiger partial charge on any atom is 0.225 e. The maximum absolute atomic E-state index is 14.3. The zero-order valence-corrected chi connectivity index (χ0v) is 15.4. The molecule has 4 rings (SSSR count). The van der Waals surface area contributed by atoms with Crippen LogP contribution < -0.4 is 0 Å². The summed E-state index contributed by atoms with van der Waals surface area (Å²) in [5.74, 6) is 0.434. The van der Waals surface area contributed by atoms with Gasteiger partial charge in [-0.1, -0.05) is 0 Å². The van der Waals surface area contributed by atoms with Gasteiger partial charge >= 0.3 is 0 Å². The summed E-state index contributed by atoms with van der Waals surface area (Å²) >= 11 is 0. The molecule has 2 aromatic rings. The van der Waals surface area contributed by atoms with E-state index in [2.05, 4.69) is 5.10 Å². The van der Waals surface area contributed by atoms with E-state index in [0.717, 1.165) is 43.4 Å². The van der Waals surface area contributed by atoms with Gasteiger partial charge in [-0.3, -0.25) is 9.48 Å². The van der Waals surface area contributed by atoms with Crippen LogP contribution in [0.25, 0.3) is 10.9 Å². The molecule has 1 N–H and O–H groups in total. The second kappa shape index (κ2) is 6.34. The summed E-state index contributed by atoms with van der Waals surface area (Å²) < 4.78 is 16.0. The van der Waals surface area contributed by atoms with E-state index in [1.54, 1.807) is 23.9 Å². The first-order valence-corrected chi connectivity index (χ1v) is 9.44. The molecule has 2 aliphatic rings. The zero-order valence-electron chi connectivity index (χ0n) is 15.4. The Balaban J connectivity index is 1.35. The number of nitrogens with zero attached hydrogens (tertiary/aromatic N) is 3. The molecule has 0 radical (unpaired) electrons. The first-order chi connectivity index (χ1) is 12.3. The molecule has 140 valence electrons. The largest absolute Gasteiger partial charge is 0.390 e. The highest BCUT2D eigenvalue weighted by Crippen LogP contribution is 2.39. The average molecular weight is 359 g/mol. The number of carbonyl (C=O) groups is 1. The highest BCUT2D eigenvalue weighted by Gasteiger charge is 2.44. The van der Waals surface area contributed by atoms with Gasteiger partial charge in [0.15, 0.2) is 0 Å². The number of amides is 1. The Kier molecular flexibility index (Phi) is 4.26. The molecule has 1 saturated carbocycles. The van der Waals surface area contributed by atoms with Gasteiger partial charge in [0.25, 0.3) is 0 Å². The van der Waals surface area contributed by atoms with Crippen LogP contribution in [0, 0.1) is 17.7 Å². The molecule has 2 heterocycles. The predicted molar refractivity (Wildman–Crippen MR) is 97.0 cm³/mol. The normalized spacial score (nSPS) is 26.9. The van der Waals surface area contributed by atoms with Gasteiger partial charge in [-0.05, 0) is 62.6 Å². The number of aryl methyl sites for hydroxylation is 1. The van der Waals surface area contributed by atoms with E-state index < -0.39 is 5.60 Å². The lowest BCUT2D eigenvalue weighted by atomic mass is 9.71. The monoisotopic (exact) mass is 359 g/mol. The third-order valence-corrected chi connectivity index (χ3v) is 6.05. The van der Waals surface area contributed by atoms with Crippen molar-refractivity contribution in [3.05, 3.63) is 29.7 Å². The highest BCUT2D eigenvalue weighted by atomic mass is 19.1. The maximum atomic E-state index is 14.3. The van der Waals surface area contributed by atoms with Crippen molar-refractivity contribution in [3.8, 4) is 0 Å². The van der Waals surface area contributed by atoms with Gasteiger partial charge in [0.05, 0.1) is 22.7 Å². The summed E-state index contributed by atoms with van der Waals surface area (Å²) in [7, 11) is 1.83. The summed E-state index contributed by atoms with van der Waals surface area (Å²) in [6, 6.07) is 3.65. The number of fused-ring (bicyclic) bond motifs is 1. The lowest BCUT2D eigenvalue weighted by molar-refractivity contribution is -0.151. The topological polar surface area (TPSA) is 58.4 Å². The Bertz CT molecular complexity index is 829. The number of halogens is 1. The number of rotatable bonds is 3. The van der Waals surface area contributed by atoms with Crippen molar-refractivity contribution in [2.45, 2.75) is 44.6 Å². The Morgan fingerprint density at radius 3 is 2.69 bits per heavy atom. The molecule has 1 aromatic carbocycles. The van der Waals surface area contributed by atoms with Crippen LogP contribution in [-0.2, 0) is 18.3 Å². The third-order valence-electron chi connectivity index (χ3n) is 6.05. The number of likely N-dealkylation sites (tertiary alicyclic amines) is 1. The van der Waals surface area contributed by atoms with E-state index in [1.807, 2.05) is 18.0 Å². The summed E-state index contributed by atoms with van der Waals surface area (Å²) in [5, 5.41) is 14.5. The van der Waals surface area contributed by atoms with Crippen molar-refractivity contribution < 1.29 is 14.3 Å². The molecule has 1 amide bonds. The fourth-order valence-electron chi connectivity index (χ4n) is 4.50. The van der Waals surface area contributed by atoms with Gasteiger partial charge < -0.3 is 10.0 Å². The number of hydrogen-bond acceptors (Lipinski definition) is 3. The van der Waals surface area contributed by atoms with Crippen LogP contribution in [-0.4, -0.2) is 44.4 Å². The Morgan fingerprint density at radius 2 is 2.04 bits per heavy atom.